The molecule has 0 aromatic heterocycles. The van der Waals surface area contributed by atoms with Crippen molar-refractivity contribution in [3.05, 3.63) is 23.8 Å². The Kier molecular flexibility index (Phi) is 5.84. The molecule has 2 nitrogen and oxygen atoms in total. The number of fused-ring (bicyclic) bond motifs is 5. The van der Waals surface area contributed by atoms with Crippen molar-refractivity contribution in [3.63, 3.8) is 0 Å². The second-order valence-electron chi connectivity index (χ2n) is 11.9. The van der Waals surface area contributed by atoms with Crippen molar-refractivity contribution in [2.75, 3.05) is 0 Å². The van der Waals surface area contributed by atoms with Crippen LogP contribution in [0.15, 0.2) is 23.8 Å². The fourth-order valence-electron chi connectivity index (χ4n) is 8.16. The van der Waals surface area contributed by atoms with Gasteiger partial charge >= 0.3 is 0 Å². The average Bonchev–Trinajstić information content (AvgIpc) is 3.00. The van der Waals surface area contributed by atoms with Crippen LogP contribution < -0.4 is 0 Å². The summed E-state index contributed by atoms with van der Waals surface area (Å²) in [6, 6.07) is 0. The Bertz CT molecular complexity index is 663. The van der Waals surface area contributed by atoms with Gasteiger partial charge in [-0.1, -0.05) is 58.4 Å². The molecule has 2 heteroatoms. The van der Waals surface area contributed by atoms with Crippen LogP contribution in [0.3, 0.4) is 0 Å². The summed E-state index contributed by atoms with van der Waals surface area (Å²) in [6.45, 7) is 12.0. The molecule has 3 saturated carbocycles. The van der Waals surface area contributed by atoms with Gasteiger partial charge in [-0.3, -0.25) is 0 Å². The van der Waals surface area contributed by atoms with Crippen molar-refractivity contribution in [3.8, 4) is 0 Å². The first-order valence-corrected chi connectivity index (χ1v) is 12.4. The van der Waals surface area contributed by atoms with Crippen molar-refractivity contribution in [2.45, 2.75) is 98.2 Å². The summed E-state index contributed by atoms with van der Waals surface area (Å²) >= 11 is 0. The van der Waals surface area contributed by atoms with Crippen molar-refractivity contribution in [2.24, 2.45) is 46.3 Å². The van der Waals surface area contributed by atoms with Crippen molar-refractivity contribution < 1.29 is 10.2 Å². The second-order valence-corrected chi connectivity index (χ2v) is 11.9. The summed E-state index contributed by atoms with van der Waals surface area (Å²) in [5, 5.41) is 21.3. The van der Waals surface area contributed by atoms with Gasteiger partial charge in [-0.2, -0.15) is 0 Å². The molecule has 4 aliphatic carbocycles. The fourth-order valence-corrected chi connectivity index (χ4v) is 8.16. The lowest BCUT2D eigenvalue weighted by atomic mass is 9.47. The van der Waals surface area contributed by atoms with E-state index in [4.69, 9.17) is 0 Å². The Labute approximate surface area is 178 Å². The molecule has 0 amide bonds. The van der Waals surface area contributed by atoms with Crippen LogP contribution in [-0.2, 0) is 0 Å². The maximum absolute atomic E-state index is 11.1. The number of hydrogen-bond donors (Lipinski definition) is 2. The molecule has 0 aliphatic heterocycles. The van der Waals surface area contributed by atoms with Gasteiger partial charge in [0.25, 0.3) is 0 Å². The standard InChI is InChI=1S/C27H44O2/c1-17(2)7-6-8-18(3)21-9-10-22-20-16-25(29)24-15-19(28)11-13-27(24,5)23(20)12-14-26(21,22)4/h6,8,16-19,21-25,28-29H,7,9-15H2,1-5H3/t18-,19?,21-,22+,23+,24?,25?,26-,27-/m1/s1. The first kappa shape index (κ1) is 21.6. The van der Waals surface area contributed by atoms with E-state index in [2.05, 4.69) is 52.8 Å². The number of hydrogen-bond acceptors (Lipinski definition) is 2. The Balaban J connectivity index is 1.58. The zero-order valence-electron chi connectivity index (χ0n) is 19.4. The predicted octanol–water partition coefficient (Wildman–Crippen LogP) is 6.14. The van der Waals surface area contributed by atoms with E-state index in [1.165, 1.54) is 32.1 Å². The minimum absolute atomic E-state index is 0.172. The highest BCUT2D eigenvalue weighted by Crippen LogP contribution is 2.66. The molecule has 0 aromatic carbocycles. The van der Waals surface area contributed by atoms with Crippen molar-refractivity contribution >= 4 is 0 Å². The monoisotopic (exact) mass is 400 g/mol. The zero-order chi connectivity index (χ0) is 21.0. The maximum Gasteiger partial charge on any atom is 0.0758 e. The summed E-state index contributed by atoms with van der Waals surface area (Å²) in [6.07, 6.45) is 15.7. The average molecular weight is 401 g/mol. The van der Waals surface area contributed by atoms with Crippen LogP contribution in [0, 0.1) is 46.3 Å². The molecule has 2 N–H and O–H groups in total. The van der Waals surface area contributed by atoms with Crippen LogP contribution in [0.1, 0.15) is 86.0 Å². The van der Waals surface area contributed by atoms with Gasteiger partial charge in [-0.15, -0.1) is 0 Å². The number of aliphatic hydroxyl groups is 2. The molecule has 0 saturated heterocycles. The molecule has 0 heterocycles. The van der Waals surface area contributed by atoms with Gasteiger partial charge in [0.2, 0.25) is 0 Å². The molecule has 164 valence electrons. The molecule has 3 fully saturated rings. The van der Waals surface area contributed by atoms with E-state index in [1.54, 1.807) is 5.57 Å². The SMILES string of the molecule is CC(C)CC=C[C@@H](C)[C@H]1CC[C@H]2C3=CC(O)C4CC(O)CC[C@]4(C)[C@H]3CC[C@]12C. The summed E-state index contributed by atoms with van der Waals surface area (Å²) in [7, 11) is 0. The molecule has 9 atom stereocenters. The quantitative estimate of drug-likeness (QED) is 0.557. The van der Waals surface area contributed by atoms with Gasteiger partial charge in [0, 0.05) is 0 Å². The van der Waals surface area contributed by atoms with E-state index >= 15 is 0 Å². The van der Waals surface area contributed by atoms with Crippen molar-refractivity contribution in [1.82, 2.24) is 0 Å². The Morgan fingerprint density at radius 1 is 1.00 bits per heavy atom. The topological polar surface area (TPSA) is 40.5 Å². The molecule has 29 heavy (non-hydrogen) atoms. The number of allylic oxidation sites excluding steroid dienone is 3. The van der Waals surface area contributed by atoms with Crippen molar-refractivity contribution in [1.29, 1.82) is 0 Å². The van der Waals surface area contributed by atoms with E-state index in [1.807, 2.05) is 0 Å². The van der Waals surface area contributed by atoms with E-state index in [0.717, 1.165) is 31.1 Å². The number of rotatable bonds is 4. The van der Waals surface area contributed by atoms with Crippen LogP contribution in [0.5, 0.6) is 0 Å². The summed E-state index contributed by atoms with van der Waals surface area (Å²) in [5.41, 5.74) is 2.15. The lowest BCUT2D eigenvalue weighted by Gasteiger charge is -2.58. The molecule has 4 aliphatic rings. The Morgan fingerprint density at radius 3 is 2.41 bits per heavy atom. The minimum Gasteiger partial charge on any atom is -0.393 e. The van der Waals surface area contributed by atoms with Crippen LogP contribution in [0.4, 0.5) is 0 Å². The molecule has 0 bridgehead atoms. The molecule has 0 radical (unpaired) electrons. The van der Waals surface area contributed by atoms with Crippen LogP contribution in [0.2, 0.25) is 0 Å². The molecule has 3 unspecified atom stereocenters. The highest BCUT2D eigenvalue weighted by atomic mass is 16.3. The van der Waals surface area contributed by atoms with Gasteiger partial charge < -0.3 is 10.2 Å². The molecule has 0 spiro atoms. The largest absolute Gasteiger partial charge is 0.393 e. The lowest BCUT2D eigenvalue weighted by Crippen LogP contribution is -2.53. The third kappa shape index (κ3) is 3.57. The third-order valence-electron chi connectivity index (χ3n) is 9.83. The highest BCUT2D eigenvalue weighted by Gasteiger charge is 2.59. The van der Waals surface area contributed by atoms with Crippen LogP contribution in [0.25, 0.3) is 0 Å². The lowest BCUT2D eigenvalue weighted by molar-refractivity contribution is -0.0829. The summed E-state index contributed by atoms with van der Waals surface area (Å²) < 4.78 is 0. The normalized spacial score (nSPS) is 48.2. The molecule has 0 aromatic rings. The first-order valence-electron chi connectivity index (χ1n) is 12.4. The van der Waals surface area contributed by atoms with Gasteiger partial charge in [0.05, 0.1) is 12.2 Å². The first-order chi connectivity index (χ1) is 13.7. The van der Waals surface area contributed by atoms with Crippen LogP contribution >= 0.6 is 0 Å². The van der Waals surface area contributed by atoms with Gasteiger partial charge in [0.15, 0.2) is 0 Å². The third-order valence-corrected chi connectivity index (χ3v) is 9.83. The minimum atomic E-state index is -0.369. The summed E-state index contributed by atoms with van der Waals surface area (Å²) in [4.78, 5) is 0. The van der Waals surface area contributed by atoms with E-state index in [0.29, 0.717) is 23.2 Å². The summed E-state index contributed by atoms with van der Waals surface area (Å²) in [5.74, 6) is 3.63. The van der Waals surface area contributed by atoms with Gasteiger partial charge in [0.1, 0.15) is 0 Å². The highest BCUT2D eigenvalue weighted by molar-refractivity contribution is 5.30. The van der Waals surface area contributed by atoms with Crippen LogP contribution in [-0.4, -0.2) is 22.4 Å². The fraction of sp³-hybridized carbons (Fsp3) is 0.852. The smallest absolute Gasteiger partial charge is 0.0758 e. The van der Waals surface area contributed by atoms with E-state index < -0.39 is 0 Å². The number of aliphatic hydroxyl groups excluding tert-OH is 2. The predicted molar refractivity (Wildman–Crippen MR) is 120 cm³/mol. The van der Waals surface area contributed by atoms with E-state index in [9.17, 15) is 10.2 Å². The zero-order valence-corrected chi connectivity index (χ0v) is 19.4. The molecular weight excluding hydrogens is 356 g/mol. The van der Waals surface area contributed by atoms with Gasteiger partial charge in [-0.25, -0.2) is 0 Å². The molecular formula is C27H44O2. The maximum atomic E-state index is 11.1. The second kappa shape index (κ2) is 7.83. The Hall–Kier alpha value is -0.600. The Morgan fingerprint density at radius 2 is 1.69 bits per heavy atom. The van der Waals surface area contributed by atoms with Gasteiger partial charge in [-0.05, 0) is 97.7 Å². The molecule has 4 rings (SSSR count). The van der Waals surface area contributed by atoms with E-state index in [-0.39, 0.29) is 23.5 Å².